The standard InChI is InChI=1S/C19H31N.C2H6/c1-15-9-11-18(12-10-15)19(4,5)13-14-20-16(2)7-6-8-17(20)3;1-2/h9-12,16-17H,6-8,13-14H2,1-5H3;1-2H3. The molecule has 126 valence electrons. The first-order valence-electron chi connectivity index (χ1n) is 9.23. The molecule has 0 aromatic heterocycles. The number of rotatable bonds is 4. The van der Waals surface area contributed by atoms with Gasteiger partial charge in [-0.1, -0.05) is 63.9 Å². The Bertz CT molecular complexity index is 408. The average Bonchev–Trinajstić information content (AvgIpc) is 2.49. The summed E-state index contributed by atoms with van der Waals surface area (Å²) in [4.78, 5) is 2.72. The third-order valence-electron chi connectivity index (χ3n) is 5.20. The Kier molecular flexibility index (Phi) is 7.62. The lowest BCUT2D eigenvalue weighted by Gasteiger charge is -2.40. The average molecular weight is 304 g/mol. The molecule has 1 aromatic rings. The summed E-state index contributed by atoms with van der Waals surface area (Å²) in [6, 6.07) is 10.6. The quantitative estimate of drug-likeness (QED) is 0.664. The van der Waals surface area contributed by atoms with E-state index in [1.54, 1.807) is 0 Å². The summed E-state index contributed by atoms with van der Waals surface area (Å²) in [5.41, 5.74) is 3.09. The monoisotopic (exact) mass is 303 g/mol. The summed E-state index contributed by atoms with van der Waals surface area (Å²) in [5.74, 6) is 0. The van der Waals surface area contributed by atoms with Crippen molar-refractivity contribution in [3.63, 3.8) is 0 Å². The maximum Gasteiger partial charge on any atom is 0.00697 e. The zero-order valence-corrected chi connectivity index (χ0v) is 15.9. The van der Waals surface area contributed by atoms with Crippen LogP contribution in [0.5, 0.6) is 0 Å². The van der Waals surface area contributed by atoms with E-state index >= 15 is 0 Å². The molecule has 0 N–H and O–H groups in total. The second-order valence-corrected chi connectivity index (χ2v) is 7.37. The van der Waals surface area contributed by atoms with E-state index in [1.165, 1.54) is 43.4 Å². The Morgan fingerprint density at radius 1 is 1.00 bits per heavy atom. The van der Waals surface area contributed by atoms with Crippen molar-refractivity contribution in [1.29, 1.82) is 0 Å². The molecule has 22 heavy (non-hydrogen) atoms. The molecule has 0 spiro atoms. The van der Waals surface area contributed by atoms with Gasteiger partial charge in [-0.05, 0) is 57.6 Å². The van der Waals surface area contributed by atoms with Crippen LogP contribution in [-0.4, -0.2) is 23.5 Å². The van der Waals surface area contributed by atoms with Crippen LogP contribution in [0.2, 0.25) is 0 Å². The summed E-state index contributed by atoms with van der Waals surface area (Å²) >= 11 is 0. The van der Waals surface area contributed by atoms with Crippen molar-refractivity contribution in [1.82, 2.24) is 4.90 Å². The largest absolute Gasteiger partial charge is 0.298 e. The number of piperidine rings is 1. The fraction of sp³-hybridized carbons (Fsp3) is 0.714. The van der Waals surface area contributed by atoms with E-state index in [-0.39, 0.29) is 5.41 Å². The first kappa shape index (κ1) is 19.2. The smallest absolute Gasteiger partial charge is 0.00697 e. The van der Waals surface area contributed by atoms with E-state index < -0.39 is 0 Å². The zero-order chi connectivity index (χ0) is 16.8. The predicted octanol–water partition coefficient (Wildman–Crippen LogP) is 5.95. The van der Waals surface area contributed by atoms with Gasteiger partial charge in [-0.2, -0.15) is 0 Å². The van der Waals surface area contributed by atoms with Crippen LogP contribution < -0.4 is 0 Å². The fourth-order valence-corrected chi connectivity index (χ4v) is 3.47. The van der Waals surface area contributed by atoms with Crippen LogP contribution in [0.3, 0.4) is 0 Å². The molecule has 1 aliphatic heterocycles. The van der Waals surface area contributed by atoms with Gasteiger partial charge < -0.3 is 0 Å². The Hall–Kier alpha value is -0.820. The van der Waals surface area contributed by atoms with Crippen molar-refractivity contribution >= 4 is 0 Å². The number of benzene rings is 1. The van der Waals surface area contributed by atoms with E-state index in [2.05, 4.69) is 63.8 Å². The van der Waals surface area contributed by atoms with E-state index in [4.69, 9.17) is 0 Å². The van der Waals surface area contributed by atoms with Crippen molar-refractivity contribution < 1.29 is 0 Å². The van der Waals surface area contributed by atoms with Crippen molar-refractivity contribution in [2.75, 3.05) is 6.54 Å². The minimum absolute atomic E-state index is 0.268. The number of nitrogens with zero attached hydrogens (tertiary/aromatic N) is 1. The van der Waals surface area contributed by atoms with Crippen LogP contribution in [0, 0.1) is 6.92 Å². The number of likely N-dealkylation sites (tertiary alicyclic amines) is 1. The molecular formula is C21H37N. The molecule has 1 heterocycles. The Morgan fingerprint density at radius 3 is 2.00 bits per heavy atom. The number of aryl methyl sites for hydroxylation is 1. The molecule has 0 saturated carbocycles. The second-order valence-electron chi connectivity index (χ2n) is 7.37. The van der Waals surface area contributed by atoms with Crippen LogP contribution in [0.25, 0.3) is 0 Å². The van der Waals surface area contributed by atoms with Crippen LogP contribution in [0.15, 0.2) is 24.3 Å². The summed E-state index contributed by atoms with van der Waals surface area (Å²) in [6.45, 7) is 17.0. The predicted molar refractivity (Wildman–Crippen MR) is 99.7 cm³/mol. The highest BCUT2D eigenvalue weighted by atomic mass is 15.2. The van der Waals surface area contributed by atoms with Gasteiger partial charge in [-0.25, -0.2) is 0 Å². The van der Waals surface area contributed by atoms with Gasteiger partial charge in [-0.3, -0.25) is 4.90 Å². The molecule has 0 amide bonds. The lowest BCUT2D eigenvalue weighted by molar-refractivity contribution is 0.0949. The molecule has 1 heteroatoms. The Balaban J connectivity index is 0.00000116. The molecule has 0 bridgehead atoms. The molecular weight excluding hydrogens is 266 g/mol. The van der Waals surface area contributed by atoms with Gasteiger partial charge in [0.15, 0.2) is 0 Å². The molecule has 1 aromatic carbocycles. The van der Waals surface area contributed by atoms with Crippen molar-refractivity contribution in [3.05, 3.63) is 35.4 Å². The lowest BCUT2D eigenvalue weighted by Crippen LogP contribution is -2.45. The van der Waals surface area contributed by atoms with Gasteiger partial charge in [0.1, 0.15) is 0 Å². The third kappa shape index (κ3) is 5.12. The topological polar surface area (TPSA) is 3.24 Å². The van der Waals surface area contributed by atoms with Crippen LogP contribution >= 0.6 is 0 Å². The van der Waals surface area contributed by atoms with E-state index in [0.717, 1.165) is 12.1 Å². The maximum absolute atomic E-state index is 2.72. The molecule has 0 aliphatic carbocycles. The van der Waals surface area contributed by atoms with Crippen molar-refractivity contribution in [2.45, 2.75) is 91.6 Å². The van der Waals surface area contributed by atoms with E-state index in [0.29, 0.717) is 0 Å². The first-order chi connectivity index (χ1) is 10.4. The van der Waals surface area contributed by atoms with Gasteiger partial charge >= 0.3 is 0 Å². The van der Waals surface area contributed by atoms with Crippen molar-refractivity contribution in [3.8, 4) is 0 Å². The molecule has 1 aliphatic rings. The zero-order valence-electron chi connectivity index (χ0n) is 15.9. The lowest BCUT2D eigenvalue weighted by atomic mass is 9.80. The van der Waals surface area contributed by atoms with Crippen LogP contribution in [-0.2, 0) is 5.41 Å². The summed E-state index contributed by atoms with van der Waals surface area (Å²) < 4.78 is 0. The van der Waals surface area contributed by atoms with Gasteiger partial charge in [0.2, 0.25) is 0 Å². The first-order valence-corrected chi connectivity index (χ1v) is 9.23. The highest BCUT2D eigenvalue weighted by Gasteiger charge is 2.27. The van der Waals surface area contributed by atoms with Gasteiger partial charge in [-0.15, -0.1) is 0 Å². The normalized spacial score (nSPS) is 22.9. The summed E-state index contributed by atoms with van der Waals surface area (Å²) in [6.07, 6.45) is 5.38. The molecule has 1 nitrogen and oxygen atoms in total. The number of hydrogen-bond acceptors (Lipinski definition) is 1. The molecule has 0 radical (unpaired) electrons. The summed E-state index contributed by atoms with van der Waals surface area (Å²) in [5, 5.41) is 0. The highest BCUT2D eigenvalue weighted by Crippen LogP contribution is 2.30. The fourth-order valence-electron chi connectivity index (χ4n) is 3.47. The Morgan fingerprint density at radius 2 is 1.50 bits per heavy atom. The van der Waals surface area contributed by atoms with E-state index in [9.17, 15) is 0 Å². The van der Waals surface area contributed by atoms with E-state index in [1.807, 2.05) is 13.8 Å². The molecule has 2 atom stereocenters. The second kappa shape index (κ2) is 8.72. The van der Waals surface area contributed by atoms with Crippen LogP contribution in [0.1, 0.15) is 78.4 Å². The SMILES string of the molecule is CC.Cc1ccc(C(C)(C)CCN2C(C)CCCC2C)cc1. The molecule has 1 fully saturated rings. The molecule has 2 unspecified atom stereocenters. The van der Waals surface area contributed by atoms with Gasteiger partial charge in [0.05, 0.1) is 0 Å². The van der Waals surface area contributed by atoms with Gasteiger partial charge in [0, 0.05) is 12.1 Å². The molecule has 1 saturated heterocycles. The molecule has 2 rings (SSSR count). The maximum atomic E-state index is 2.72. The number of hydrogen-bond donors (Lipinski definition) is 0. The third-order valence-corrected chi connectivity index (χ3v) is 5.20. The van der Waals surface area contributed by atoms with Gasteiger partial charge in [0.25, 0.3) is 0 Å². The minimum Gasteiger partial charge on any atom is -0.298 e. The van der Waals surface area contributed by atoms with Crippen LogP contribution in [0.4, 0.5) is 0 Å². The highest BCUT2D eigenvalue weighted by molar-refractivity contribution is 5.27. The minimum atomic E-state index is 0.268. The van der Waals surface area contributed by atoms with Crippen molar-refractivity contribution in [2.24, 2.45) is 0 Å². The Labute approximate surface area is 139 Å². The summed E-state index contributed by atoms with van der Waals surface area (Å²) in [7, 11) is 0.